The molecule has 2 rings (SSSR count). The van der Waals surface area contributed by atoms with Gasteiger partial charge in [-0.1, -0.05) is 6.42 Å². The lowest BCUT2D eigenvalue weighted by molar-refractivity contribution is 0.0324. The molecule has 0 radical (unpaired) electrons. The first-order valence-corrected chi connectivity index (χ1v) is 6.13. The molecule has 1 aliphatic carbocycles. The molecule has 0 bridgehead atoms. The van der Waals surface area contributed by atoms with Crippen molar-refractivity contribution in [2.45, 2.75) is 44.6 Å². The van der Waals surface area contributed by atoms with Crippen molar-refractivity contribution in [3.8, 4) is 0 Å². The van der Waals surface area contributed by atoms with Crippen LogP contribution in [-0.4, -0.2) is 26.3 Å². The van der Waals surface area contributed by atoms with Crippen LogP contribution in [0.5, 0.6) is 0 Å². The molecule has 0 aromatic rings. The molecule has 1 N–H and O–H groups in total. The highest BCUT2D eigenvalue weighted by Gasteiger charge is 2.28. The Morgan fingerprint density at radius 3 is 2.50 bits per heavy atom. The molecule has 0 aromatic carbocycles. The minimum atomic E-state index is 0.559. The lowest BCUT2D eigenvalue weighted by atomic mass is 9.75. The highest BCUT2D eigenvalue weighted by atomic mass is 16.5. The summed E-state index contributed by atoms with van der Waals surface area (Å²) < 4.78 is 5.50. The van der Waals surface area contributed by atoms with Crippen LogP contribution in [0.25, 0.3) is 0 Å². The van der Waals surface area contributed by atoms with Gasteiger partial charge in [0.2, 0.25) is 0 Å². The number of rotatable bonds is 2. The van der Waals surface area contributed by atoms with E-state index in [1.54, 1.807) is 0 Å². The van der Waals surface area contributed by atoms with Crippen LogP contribution in [0.4, 0.5) is 0 Å². The number of nitrogens with one attached hydrogen (secondary N) is 1. The third-order valence-electron chi connectivity index (χ3n) is 4.05. The number of methoxy groups -OCH3 is 1. The zero-order valence-corrected chi connectivity index (χ0v) is 9.30. The summed E-state index contributed by atoms with van der Waals surface area (Å²) in [5.41, 5.74) is 0. The third-order valence-corrected chi connectivity index (χ3v) is 4.05. The summed E-state index contributed by atoms with van der Waals surface area (Å²) in [6, 6.07) is 0. The second kappa shape index (κ2) is 5.13. The fourth-order valence-corrected chi connectivity index (χ4v) is 3.14. The molecule has 2 heteroatoms. The Balaban J connectivity index is 1.83. The first kappa shape index (κ1) is 10.4. The van der Waals surface area contributed by atoms with Crippen molar-refractivity contribution >= 4 is 0 Å². The third kappa shape index (κ3) is 2.48. The van der Waals surface area contributed by atoms with E-state index in [2.05, 4.69) is 5.32 Å². The monoisotopic (exact) mass is 197 g/mol. The quantitative estimate of drug-likeness (QED) is 0.732. The first-order chi connectivity index (χ1) is 6.90. The van der Waals surface area contributed by atoms with Crippen molar-refractivity contribution in [2.75, 3.05) is 20.2 Å². The normalized spacial score (nSPS) is 35.8. The topological polar surface area (TPSA) is 21.3 Å². The van der Waals surface area contributed by atoms with E-state index >= 15 is 0 Å². The van der Waals surface area contributed by atoms with E-state index in [-0.39, 0.29) is 0 Å². The summed E-state index contributed by atoms with van der Waals surface area (Å²) in [7, 11) is 1.87. The molecule has 14 heavy (non-hydrogen) atoms. The Bertz CT molecular complexity index is 166. The van der Waals surface area contributed by atoms with Gasteiger partial charge in [0, 0.05) is 7.11 Å². The van der Waals surface area contributed by atoms with Gasteiger partial charge in [0.25, 0.3) is 0 Å². The largest absolute Gasteiger partial charge is 0.381 e. The molecule has 1 saturated heterocycles. The van der Waals surface area contributed by atoms with Crippen LogP contribution in [0.1, 0.15) is 38.5 Å². The van der Waals surface area contributed by atoms with Crippen LogP contribution in [0, 0.1) is 11.8 Å². The summed E-state index contributed by atoms with van der Waals surface area (Å²) in [5.74, 6) is 1.94. The number of hydrogen-bond donors (Lipinski definition) is 1. The predicted octanol–water partition coefficient (Wildman–Crippen LogP) is 2.19. The maximum absolute atomic E-state index is 5.50. The van der Waals surface area contributed by atoms with Gasteiger partial charge in [-0.25, -0.2) is 0 Å². The van der Waals surface area contributed by atoms with Crippen LogP contribution in [0.2, 0.25) is 0 Å². The lowest BCUT2D eigenvalue weighted by Crippen LogP contribution is -2.34. The smallest absolute Gasteiger partial charge is 0.0574 e. The Labute approximate surface area is 87.4 Å². The molecular formula is C12H23NO. The van der Waals surface area contributed by atoms with Crippen LogP contribution in [-0.2, 0) is 4.74 Å². The van der Waals surface area contributed by atoms with Crippen LogP contribution in [0.15, 0.2) is 0 Å². The Morgan fingerprint density at radius 1 is 1.00 bits per heavy atom. The highest BCUT2D eigenvalue weighted by Crippen LogP contribution is 2.35. The number of ether oxygens (including phenoxy) is 1. The Kier molecular flexibility index (Phi) is 3.82. The summed E-state index contributed by atoms with van der Waals surface area (Å²) in [6.07, 6.45) is 8.78. The maximum Gasteiger partial charge on any atom is 0.0574 e. The van der Waals surface area contributed by atoms with Crippen molar-refractivity contribution in [1.82, 2.24) is 5.32 Å². The molecule has 1 saturated carbocycles. The summed E-state index contributed by atoms with van der Waals surface area (Å²) in [6.45, 7) is 2.47. The van der Waals surface area contributed by atoms with Crippen LogP contribution < -0.4 is 5.32 Å². The Hall–Kier alpha value is -0.0800. The average Bonchev–Trinajstić information content (AvgIpc) is 2.30. The van der Waals surface area contributed by atoms with Crippen molar-refractivity contribution in [3.63, 3.8) is 0 Å². The van der Waals surface area contributed by atoms with E-state index in [0.717, 1.165) is 11.8 Å². The molecule has 0 aromatic heterocycles. The van der Waals surface area contributed by atoms with Crippen molar-refractivity contribution in [1.29, 1.82) is 0 Å². The zero-order valence-electron chi connectivity index (χ0n) is 9.30. The van der Waals surface area contributed by atoms with Gasteiger partial charge >= 0.3 is 0 Å². The van der Waals surface area contributed by atoms with Gasteiger partial charge in [0.15, 0.2) is 0 Å². The average molecular weight is 197 g/mol. The molecule has 82 valence electrons. The molecule has 2 fully saturated rings. The summed E-state index contributed by atoms with van der Waals surface area (Å²) in [4.78, 5) is 0. The van der Waals surface area contributed by atoms with Gasteiger partial charge < -0.3 is 10.1 Å². The summed E-state index contributed by atoms with van der Waals surface area (Å²) in [5, 5.41) is 3.45. The van der Waals surface area contributed by atoms with Crippen molar-refractivity contribution in [3.05, 3.63) is 0 Å². The second-order valence-electron chi connectivity index (χ2n) is 4.87. The minimum absolute atomic E-state index is 0.559. The van der Waals surface area contributed by atoms with Crippen LogP contribution in [0.3, 0.4) is 0 Å². The number of hydrogen-bond acceptors (Lipinski definition) is 2. The molecule has 2 aliphatic rings. The van der Waals surface area contributed by atoms with Gasteiger partial charge in [-0.3, -0.25) is 0 Å². The molecule has 2 atom stereocenters. The molecule has 0 amide bonds. The van der Waals surface area contributed by atoms with E-state index in [4.69, 9.17) is 4.74 Å². The fraction of sp³-hybridized carbons (Fsp3) is 1.00. The molecule has 2 nitrogen and oxygen atoms in total. The van der Waals surface area contributed by atoms with Gasteiger partial charge in [0.1, 0.15) is 0 Å². The number of piperidine rings is 1. The summed E-state index contributed by atoms with van der Waals surface area (Å²) >= 11 is 0. The van der Waals surface area contributed by atoms with Gasteiger partial charge in [-0.05, 0) is 57.0 Å². The standard InChI is InChI=1S/C12H23NO/c1-14-12-4-2-3-11(9-12)10-5-7-13-8-6-10/h10-13H,2-9H2,1H3. The molecular weight excluding hydrogens is 174 g/mol. The molecule has 2 unspecified atom stereocenters. The Morgan fingerprint density at radius 2 is 1.79 bits per heavy atom. The maximum atomic E-state index is 5.50. The van der Waals surface area contributed by atoms with E-state index in [0.29, 0.717) is 6.10 Å². The predicted molar refractivity (Wildman–Crippen MR) is 58.3 cm³/mol. The van der Waals surface area contributed by atoms with Gasteiger partial charge in [0.05, 0.1) is 6.10 Å². The van der Waals surface area contributed by atoms with E-state index < -0.39 is 0 Å². The first-order valence-electron chi connectivity index (χ1n) is 6.13. The SMILES string of the molecule is COC1CCCC(C2CCNCC2)C1. The molecule has 1 heterocycles. The second-order valence-corrected chi connectivity index (χ2v) is 4.87. The van der Waals surface area contributed by atoms with Crippen molar-refractivity contribution in [2.24, 2.45) is 11.8 Å². The van der Waals surface area contributed by atoms with Gasteiger partial charge in [-0.15, -0.1) is 0 Å². The van der Waals surface area contributed by atoms with E-state index in [1.165, 1.54) is 51.6 Å². The van der Waals surface area contributed by atoms with Gasteiger partial charge in [-0.2, -0.15) is 0 Å². The molecule has 0 spiro atoms. The van der Waals surface area contributed by atoms with Crippen molar-refractivity contribution < 1.29 is 4.74 Å². The minimum Gasteiger partial charge on any atom is -0.381 e. The van der Waals surface area contributed by atoms with E-state index in [9.17, 15) is 0 Å². The lowest BCUT2D eigenvalue weighted by Gasteiger charge is -2.36. The van der Waals surface area contributed by atoms with E-state index in [1.807, 2.05) is 7.11 Å². The van der Waals surface area contributed by atoms with Crippen LogP contribution >= 0.6 is 0 Å². The molecule has 1 aliphatic heterocycles. The zero-order chi connectivity index (χ0) is 9.80. The highest BCUT2D eigenvalue weighted by molar-refractivity contribution is 4.81. The fourth-order valence-electron chi connectivity index (χ4n) is 3.14.